The van der Waals surface area contributed by atoms with Gasteiger partial charge >= 0.3 is 0 Å². The fourth-order valence-corrected chi connectivity index (χ4v) is 3.32. The van der Waals surface area contributed by atoms with Crippen LogP contribution in [0.2, 0.25) is 0 Å². The maximum Gasteiger partial charge on any atom is 0.186 e. The van der Waals surface area contributed by atoms with Crippen molar-refractivity contribution in [3.8, 4) is 5.69 Å². The van der Waals surface area contributed by atoms with Crippen LogP contribution in [0.5, 0.6) is 0 Å². The number of para-hydroxylation sites is 2. The molecular formula is C18H13NO2S. The van der Waals surface area contributed by atoms with Crippen molar-refractivity contribution in [1.29, 1.82) is 0 Å². The van der Waals surface area contributed by atoms with Gasteiger partial charge in [0, 0.05) is 16.5 Å². The molecular weight excluding hydrogens is 294 g/mol. The Kier molecular flexibility index (Phi) is 3.06. The molecule has 0 aliphatic heterocycles. The largest absolute Gasteiger partial charge is 0.309 e. The van der Waals surface area contributed by atoms with Crippen LogP contribution in [0.4, 0.5) is 0 Å². The third-order valence-electron chi connectivity index (χ3n) is 3.86. The van der Waals surface area contributed by atoms with E-state index >= 15 is 0 Å². The van der Waals surface area contributed by atoms with Crippen molar-refractivity contribution in [2.45, 2.75) is 4.90 Å². The third kappa shape index (κ3) is 1.96. The number of rotatable bonds is 2. The summed E-state index contributed by atoms with van der Waals surface area (Å²) in [5, 5.41) is 2.06. The molecule has 0 spiro atoms. The smallest absolute Gasteiger partial charge is 0.186 e. The lowest BCUT2D eigenvalue weighted by Gasteiger charge is -2.07. The molecule has 0 saturated carbocycles. The maximum absolute atomic E-state index is 11.4. The van der Waals surface area contributed by atoms with Crippen LogP contribution in [-0.2, 0) is 11.1 Å². The van der Waals surface area contributed by atoms with Crippen LogP contribution < -0.4 is 0 Å². The standard InChI is InChI=1S/C18H13NO2S/c20-22(21)14-10-11-18-16(12-14)15-8-4-5-9-17(15)19(18)13-6-2-1-3-7-13/h1-12H,(H,20,21). The second kappa shape index (κ2) is 5.09. The third-order valence-corrected chi connectivity index (χ3v) is 4.52. The van der Waals surface area contributed by atoms with E-state index in [1.165, 1.54) is 0 Å². The minimum atomic E-state index is -1.97. The van der Waals surface area contributed by atoms with Gasteiger partial charge in [0.05, 0.1) is 15.9 Å². The number of hydrogen-bond donors (Lipinski definition) is 1. The van der Waals surface area contributed by atoms with Crippen LogP contribution in [0.25, 0.3) is 27.5 Å². The molecule has 4 aromatic rings. The Morgan fingerprint density at radius 3 is 2.23 bits per heavy atom. The van der Waals surface area contributed by atoms with Crippen molar-refractivity contribution in [3.05, 3.63) is 72.8 Å². The first-order valence-electron chi connectivity index (χ1n) is 6.95. The van der Waals surface area contributed by atoms with Gasteiger partial charge in [-0.25, -0.2) is 4.21 Å². The molecule has 0 aliphatic carbocycles. The van der Waals surface area contributed by atoms with Crippen molar-refractivity contribution >= 4 is 32.9 Å². The molecule has 1 aromatic heterocycles. The van der Waals surface area contributed by atoms with Gasteiger partial charge in [-0.15, -0.1) is 0 Å². The van der Waals surface area contributed by atoms with Crippen molar-refractivity contribution < 1.29 is 8.76 Å². The Morgan fingerprint density at radius 2 is 1.45 bits per heavy atom. The second-order valence-corrected chi connectivity index (χ2v) is 6.09. The lowest BCUT2D eigenvalue weighted by Crippen LogP contribution is -1.93. The van der Waals surface area contributed by atoms with E-state index in [0.29, 0.717) is 4.90 Å². The fourth-order valence-electron chi connectivity index (χ4n) is 2.92. The maximum atomic E-state index is 11.4. The molecule has 0 fully saturated rings. The van der Waals surface area contributed by atoms with E-state index < -0.39 is 11.1 Å². The van der Waals surface area contributed by atoms with Crippen LogP contribution >= 0.6 is 0 Å². The molecule has 1 unspecified atom stereocenters. The average Bonchev–Trinajstić information content (AvgIpc) is 2.89. The molecule has 4 rings (SSSR count). The summed E-state index contributed by atoms with van der Waals surface area (Å²) in [6.07, 6.45) is 0. The first-order chi connectivity index (χ1) is 10.8. The van der Waals surface area contributed by atoms with Gasteiger partial charge in [-0.05, 0) is 36.4 Å². The molecule has 0 bridgehead atoms. The molecule has 1 atom stereocenters. The van der Waals surface area contributed by atoms with E-state index in [4.69, 9.17) is 0 Å². The van der Waals surface area contributed by atoms with E-state index in [-0.39, 0.29) is 0 Å². The highest BCUT2D eigenvalue weighted by atomic mass is 32.2. The molecule has 0 saturated heterocycles. The summed E-state index contributed by atoms with van der Waals surface area (Å²) in [7, 11) is 0. The Hall–Kier alpha value is -2.43. The molecule has 0 aliphatic rings. The molecule has 1 N–H and O–H groups in total. The Labute approximate surface area is 130 Å². The van der Waals surface area contributed by atoms with Crippen molar-refractivity contribution in [3.63, 3.8) is 0 Å². The van der Waals surface area contributed by atoms with Gasteiger partial charge in [-0.2, -0.15) is 0 Å². The normalized spacial score (nSPS) is 12.8. The molecule has 3 nitrogen and oxygen atoms in total. The van der Waals surface area contributed by atoms with Gasteiger partial charge in [-0.3, -0.25) is 0 Å². The average molecular weight is 307 g/mol. The van der Waals surface area contributed by atoms with Crippen LogP contribution in [0, 0.1) is 0 Å². The zero-order valence-corrected chi connectivity index (χ0v) is 12.5. The highest BCUT2D eigenvalue weighted by molar-refractivity contribution is 7.79. The lowest BCUT2D eigenvalue weighted by molar-refractivity contribution is 0.564. The SMILES string of the molecule is O=S(O)c1ccc2c(c1)c1ccccc1n2-c1ccccc1. The number of aromatic nitrogens is 1. The van der Waals surface area contributed by atoms with Crippen molar-refractivity contribution in [2.75, 3.05) is 0 Å². The zero-order valence-electron chi connectivity index (χ0n) is 11.6. The molecule has 0 amide bonds. The molecule has 0 radical (unpaired) electrons. The van der Waals surface area contributed by atoms with E-state index in [1.54, 1.807) is 12.1 Å². The fraction of sp³-hybridized carbons (Fsp3) is 0. The van der Waals surface area contributed by atoms with Gasteiger partial charge in [0.1, 0.15) is 0 Å². The summed E-state index contributed by atoms with van der Waals surface area (Å²) in [6.45, 7) is 0. The monoisotopic (exact) mass is 307 g/mol. The van der Waals surface area contributed by atoms with E-state index in [1.807, 2.05) is 42.5 Å². The highest BCUT2D eigenvalue weighted by Gasteiger charge is 2.13. The Balaban J connectivity index is 2.17. The quantitative estimate of drug-likeness (QED) is 0.559. The second-order valence-electron chi connectivity index (χ2n) is 5.12. The summed E-state index contributed by atoms with van der Waals surface area (Å²) in [4.78, 5) is 0.420. The first-order valence-corrected chi connectivity index (χ1v) is 8.06. The van der Waals surface area contributed by atoms with Crippen molar-refractivity contribution in [1.82, 2.24) is 4.57 Å². The summed E-state index contributed by atoms with van der Waals surface area (Å²) >= 11 is -1.97. The van der Waals surface area contributed by atoms with E-state index in [0.717, 1.165) is 27.5 Å². The van der Waals surface area contributed by atoms with Crippen molar-refractivity contribution in [2.24, 2.45) is 0 Å². The van der Waals surface area contributed by atoms with E-state index in [2.05, 4.69) is 22.8 Å². The van der Waals surface area contributed by atoms with Gasteiger partial charge in [0.2, 0.25) is 0 Å². The molecule has 22 heavy (non-hydrogen) atoms. The molecule has 108 valence electrons. The van der Waals surface area contributed by atoms with Gasteiger partial charge in [-0.1, -0.05) is 36.4 Å². The van der Waals surface area contributed by atoms with Gasteiger partial charge in [0.25, 0.3) is 0 Å². The number of fused-ring (bicyclic) bond motifs is 3. The van der Waals surface area contributed by atoms with Crippen LogP contribution in [0.1, 0.15) is 0 Å². The summed E-state index contributed by atoms with van der Waals surface area (Å²) < 4.78 is 22.9. The first kappa shape index (κ1) is 13.2. The van der Waals surface area contributed by atoms with Crippen LogP contribution in [-0.4, -0.2) is 13.3 Å². The van der Waals surface area contributed by atoms with E-state index in [9.17, 15) is 8.76 Å². The zero-order chi connectivity index (χ0) is 15.1. The minimum Gasteiger partial charge on any atom is -0.309 e. The Bertz CT molecular complexity index is 1010. The molecule has 3 aromatic carbocycles. The van der Waals surface area contributed by atoms with Gasteiger partial charge < -0.3 is 9.12 Å². The summed E-state index contributed by atoms with van der Waals surface area (Å²) in [6, 6.07) is 23.6. The molecule has 4 heteroatoms. The minimum absolute atomic E-state index is 0.420. The number of hydrogen-bond acceptors (Lipinski definition) is 1. The van der Waals surface area contributed by atoms with Crippen LogP contribution in [0.3, 0.4) is 0 Å². The summed E-state index contributed by atoms with van der Waals surface area (Å²) in [5.41, 5.74) is 3.19. The topological polar surface area (TPSA) is 42.2 Å². The Morgan fingerprint density at radius 1 is 0.773 bits per heavy atom. The number of benzene rings is 3. The van der Waals surface area contributed by atoms with Crippen LogP contribution in [0.15, 0.2) is 77.7 Å². The summed E-state index contributed by atoms with van der Waals surface area (Å²) in [5.74, 6) is 0. The lowest BCUT2D eigenvalue weighted by atomic mass is 10.1. The number of nitrogens with zero attached hydrogens (tertiary/aromatic N) is 1. The predicted molar refractivity (Wildman–Crippen MR) is 89.8 cm³/mol. The molecule has 1 heterocycles. The predicted octanol–water partition coefficient (Wildman–Crippen LogP) is 4.36. The van der Waals surface area contributed by atoms with Gasteiger partial charge in [0.15, 0.2) is 11.1 Å². The highest BCUT2D eigenvalue weighted by Crippen LogP contribution is 2.32.